The average Bonchev–Trinajstić information content (AvgIpc) is 2.89. The second kappa shape index (κ2) is 12.3. The molecular weight excluding hydrogens is 508 g/mol. The summed E-state index contributed by atoms with van der Waals surface area (Å²) in [6.07, 6.45) is 1.12. The summed E-state index contributed by atoms with van der Waals surface area (Å²) in [5.41, 5.74) is 2.26. The van der Waals surface area contributed by atoms with E-state index in [2.05, 4.69) is 5.32 Å². The minimum Gasteiger partial charge on any atom is -0.357 e. The van der Waals surface area contributed by atoms with Crippen LogP contribution < -0.4 is 9.62 Å². The largest absolute Gasteiger partial charge is 0.357 e. The number of amides is 2. The van der Waals surface area contributed by atoms with Gasteiger partial charge in [-0.05, 0) is 24.1 Å². The van der Waals surface area contributed by atoms with Crippen molar-refractivity contribution in [3.05, 3.63) is 106 Å². The van der Waals surface area contributed by atoms with Gasteiger partial charge in [0, 0.05) is 32.1 Å². The molecule has 1 atom stereocenters. The molecule has 0 heterocycles. The summed E-state index contributed by atoms with van der Waals surface area (Å²) in [5, 5.41) is 13.9. The maximum Gasteiger partial charge on any atom is 0.271 e. The first kappa shape index (κ1) is 28.3. The van der Waals surface area contributed by atoms with Crippen molar-refractivity contribution in [2.45, 2.75) is 25.9 Å². The van der Waals surface area contributed by atoms with Crippen molar-refractivity contribution in [1.29, 1.82) is 0 Å². The van der Waals surface area contributed by atoms with E-state index in [-0.39, 0.29) is 24.3 Å². The van der Waals surface area contributed by atoms with Gasteiger partial charge in [0.1, 0.15) is 12.6 Å². The number of sulfonamides is 1. The summed E-state index contributed by atoms with van der Waals surface area (Å²) in [7, 11) is -2.54. The number of nitro groups is 1. The lowest BCUT2D eigenvalue weighted by Gasteiger charge is -2.33. The molecule has 0 aliphatic carbocycles. The lowest BCUT2D eigenvalue weighted by atomic mass is 10.0. The first-order chi connectivity index (χ1) is 18.0. The maximum absolute atomic E-state index is 13.8. The van der Waals surface area contributed by atoms with Crippen LogP contribution in [0.15, 0.2) is 78.9 Å². The van der Waals surface area contributed by atoms with Crippen molar-refractivity contribution >= 4 is 33.2 Å². The monoisotopic (exact) mass is 538 g/mol. The summed E-state index contributed by atoms with van der Waals surface area (Å²) in [5.74, 6) is -1.04. The molecule has 2 amide bonds. The first-order valence-corrected chi connectivity index (χ1v) is 13.7. The Bertz CT molecular complexity index is 1390. The molecule has 38 heavy (non-hydrogen) atoms. The Morgan fingerprint density at radius 3 is 2.21 bits per heavy atom. The number of carbonyl (C=O) groups is 2. The van der Waals surface area contributed by atoms with Gasteiger partial charge in [-0.1, -0.05) is 66.2 Å². The topological polar surface area (TPSA) is 130 Å². The van der Waals surface area contributed by atoms with Crippen molar-refractivity contribution in [3.8, 4) is 0 Å². The molecule has 0 radical (unpaired) electrons. The van der Waals surface area contributed by atoms with Crippen molar-refractivity contribution in [2.75, 3.05) is 24.2 Å². The van der Waals surface area contributed by atoms with Gasteiger partial charge in [-0.25, -0.2) is 8.42 Å². The van der Waals surface area contributed by atoms with Gasteiger partial charge >= 0.3 is 0 Å². The molecule has 0 aliphatic heterocycles. The van der Waals surface area contributed by atoms with Gasteiger partial charge in [-0.15, -0.1) is 0 Å². The molecule has 0 unspecified atom stereocenters. The zero-order chi connectivity index (χ0) is 27.9. The molecule has 0 aromatic heterocycles. The third kappa shape index (κ3) is 7.39. The number of carbonyl (C=O) groups excluding carboxylic acids is 2. The molecule has 0 saturated carbocycles. The predicted octanol–water partition coefficient (Wildman–Crippen LogP) is 3.06. The summed E-state index contributed by atoms with van der Waals surface area (Å²) in [4.78, 5) is 38.9. The number of nitrogens with one attached hydrogen (secondary N) is 1. The highest BCUT2D eigenvalue weighted by atomic mass is 32.2. The van der Waals surface area contributed by atoms with E-state index in [1.807, 2.05) is 61.5 Å². The zero-order valence-corrected chi connectivity index (χ0v) is 22.2. The van der Waals surface area contributed by atoms with Gasteiger partial charge in [0.25, 0.3) is 5.69 Å². The molecule has 0 aliphatic rings. The van der Waals surface area contributed by atoms with Crippen molar-refractivity contribution in [1.82, 2.24) is 10.2 Å². The molecule has 1 N–H and O–H groups in total. The fraction of sp³-hybridized carbons (Fsp3) is 0.259. The van der Waals surface area contributed by atoms with Crippen molar-refractivity contribution < 1.29 is 22.9 Å². The summed E-state index contributed by atoms with van der Waals surface area (Å²) < 4.78 is 26.3. The minimum absolute atomic E-state index is 0.0233. The second-order valence-electron chi connectivity index (χ2n) is 8.87. The molecular formula is C27H30N4O6S. The van der Waals surface area contributed by atoms with Crippen LogP contribution in [0.25, 0.3) is 0 Å². The van der Waals surface area contributed by atoms with E-state index in [1.165, 1.54) is 30.1 Å². The van der Waals surface area contributed by atoms with Crippen LogP contribution in [0.4, 0.5) is 11.4 Å². The number of anilines is 1. The van der Waals surface area contributed by atoms with E-state index in [1.54, 1.807) is 0 Å². The maximum atomic E-state index is 13.8. The van der Waals surface area contributed by atoms with Gasteiger partial charge in [0.15, 0.2) is 0 Å². The number of nitrogens with zero attached hydrogens (tertiary/aromatic N) is 3. The van der Waals surface area contributed by atoms with E-state index >= 15 is 0 Å². The lowest BCUT2D eigenvalue weighted by Crippen LogP contribution is -2.52. The van der Waals surface area contributed by atoms with Crippen LogP contribution in [-0.2, 0) is 32.6 Å². The first-order valence-electron chi connectivity index (χ1n) is 11.8. The SMILES string of the molecule is CNC(=O)[C@@H](Cc1ccccc1)N(Cc1ccc(C)cc1)C(=O)CN(c1cccc([N+](=O)[O-])c1)S(C)(=O)=O. The van der Waals surface area contributed by atoms with E-state index in [0.717, 1.165) is 33.3 Å². The average molecular weight is 539 g/mol. The number of non-ortho nitro benzene ring substituents is 1. The van der Waals surface area contributed by atoms with Crippen LogP contribution >= 0.6 is 0 Å². The molecule has 0 saturated heterocycles. The minimum atomic E-state index is -4.02. The fourth-order valence-electron chi connectivity index (χ4n) is 3.99. The normalized spacial score (nSPS) is 11.9. The Kier molecular flexibility index (Phi) is 9.19. The molecule has 0 fully saturated rings. The zero-order valence-electron chi connectivity index (χ0n) is 21.4. The Hall–Kier alpha value is -4.25. The Labute approximate surface area is 222 Å². The molecule has 11 heteroatoms. The van der Waals surface area contributed by atoms with E-state index in [9.17, 15) is 28.1 Å². The highest BCUT2D eigenvalue weighted by Gasteiger charge is 2.32. The summed E-state index contributed by atoms with van der Waals surface area (Å²) in [6.45, 7) is 1.34. The van der Waals surface area contributed by atoms with Crippen LogP contribution in [0.2, 0.25) is 0 Å². The van der Waals surface area contributed by atoms with Crippen molar-refractivity contribution in [3.63, 3.8) is 0 Å². The summed E-state index contributed by atoms with van der Waals surface area (Å²) >= 11 is 0. The molecule has 0 spiro atoms. The van der Waals surface area contributed by atoms with Gasteiger partial charge in [0.05, 0.1) is 16.9 Å². The third-order valence-corrected chi connectivity index (χ3v) is 7.14. The van der Waals surface area contributed by atoms with Gasteiger partial charge in [-0.3, -0.25) is 24.0 Å². The van der Waals surface area contributed by atoms with Gasteiger partial charge in [-0.2, -0.15) is 0 Å². The fourth-order valence-corrected chi connectivity index (χ4v) is 4.83. The number of likely N-dealkylation sites (N-methyl/N-ethyl adjacent to an activating group) is 1. The highest BCUT2D eigenvalue weighted by Crippen LogP contribution is 2.24. The van der Waals surface area contributed by atoms with Crippen LogP contribution in [0, 0.1) is 17.0 Å². The molecule has 3 rings (SSSR count). The third-order valence-electron chi connectivity index (χ3n) is 6.00. The van der Waals surface area contributed by atoms with Crippen LogP contribution in [-0.4, -0.2) is 55.9 Å². The van der Waals surface area contributed by atoms with E-state index < -0.39 is 39.3 Å². The quantitative estimate of drug-likeness (QED) is 0.295. The van der Waals surface area contributed by atoms with Crippen LogP contribution in [0.1, 0.15) is 16.7 Å². The Balaban J connectivity index is 2.03. The molecule has 200 valence electrons. The van der Waals surface area contributed by atoms with E-state index in [0.29, 0.717) is 0 Å². The highest BCUT2D eigenvalue weighted by molar-refractivity contribution is 7.92. The summed E-state index contributed by atoms with van der Waals surface area (Å²) in [6, 6.07) is 20.8. The molecule has 0 bridgehead atoms. The predicted molar refractivity (Wildman–Crippen MR) is 145 cm³/mol. The van der Waals surface area contributed by atoms with E-state index in [4.69, 9.17) is 0 Å². The van der Waals surface area contributed by atoms with Gasteiger partial charge in [0.2, 0.25) is 21.8 Å². The number of nitro benzene ring substituents is 1. The van der Waals surface area contributed by atoms with Crippen molar-refractivity contribution in [2.24, 2.45) is 0 Å². The van der Waals surface area contributed by atoms with Gasteiger partial charge < -0.3 is 10.2 Å². The van der Waals surface area contributed by atoms with Crippen LogP contribution in [0.5, 0.6) is 0 Å². The lowest BCUT2D eigenvalue weighted by molar-refractivity contribution is -0.384. The smallest absolute Gasteiger partial charge is 0.271 e. The van der Waals surface area contributed by atoms with Crippen LogP contribution in [0.3, 0.4) is 0 Å². The Morgan fingerprint density at radius 2 is 1.63 bits per heavy atom. The number of benzene rings is 3. The number of hydrogen-bond acceptors (Lipinski definition) is 6. The molecule has 3 aromatic rings. The molecule has 3 aromatic carbocycles. The number of hydrogen-bond donors (Lipinski definition) is 1. The second-order valence-corrected chi connectivity index (χ2v) is 10.8. The Morgan fingerprint density at radius 1 is 0.974 bits per heavy atom. The number of aryl methyl sites for hydroxylation is 1. The molecule has 10 nitrogen and oxygen atoms in total. The standard InChI is InChI=1S/C27H30N4O6S/c1-20-12-14-22(15-13-20)18-29(25(27(33)28-2)16-21-8-5-4-6-9-21)26(32)19-30(38(3,36)37)23-10-7-11-24(17-23)31(34)35/h4-15,17,25H,16,18-19H2,1-3H3,(H,28,33)/t25-/m1/s1. The number of rotatable bonds is 11.